The van der Waals surface area contributed by atoms with Gasteiger partial charge in [-0.05, 0) is 45.0 Å². The van der Waals surface area contributed by atoms with Gasteiger partial charge < -0.3 is 9.73 Å². The van der Waals surface area contributed by atoms with E-state index in [0.717, 1.165) is 21.2 Å². The fourth-order valence-electron chi connectivity index (χ4n) is 1.97. The minimum absolute atomic E-state index is 0.00861. The van der Waals surface area contributed by atoms with Gasteiger partial charge in [0.15, 0.2) is 0 Å². The second-order valence-corrected chi connectivity index (χ2v) is 6.07. The van der Waals surface area contributed by atoms with Crippen LogP contribution >= 0.6 is 15.9 Å². The Hall–Kier alpha value is -1.33. The zero-order valence-electron chi connectivity index (χ0n) is 11.9. The molecule has 0 saturated carbocycles. The number of nitrogens with one attached hydrogen (secondary N) is 2. The van der Waals surface area contributed by atoms with Crippen LogP contribution in [-0.4, -0.2) is 18.5 Å². The molecule has 0 aliphatic carbocycles. The summed E-state index contributed by atoms with van der Waals surface area (Å²) in [6.45, 7) is 6.15. The molecule has 1 aromatic carbocycles. The average molecular weight is 339 g/mol. The number of carbonyl (C=O) groups is 1. The number of hydrogen-bond acceptors (Lipinski definition) is 3. The maximum atomic E-state index is 11.6. The Labute approximate surface area is 127 Å². The average Bonchev–Trinajstić information content (AvgIpc) is 2.78. The predicted octanol–water partition coefficient (Wildman–Crippen LogP) is 3.37. The van der Waals surface area contributed by atoms with E-state index >= 15 is 0 Å². The fourth-order valence-corrected chi connectivity index (χ4v) is 2.35. The second-order valence-electron chi connectivity index (χ2n) is 5.16. The summed E-state index contributed by atoms with van der Waals surface area (Å²) >= 11 is 3.44. The molecule has 0 radical (unpaired) electrons. The Kier molecular flexibility index (Phi) is 4.83. The van der Waals surface area contributed by atoms with Crippen molar-refractivity contribution in [1.82, 2.24) is 10.6 Å². The van der Waals surface area contributed by atoms with E-state index < -0.39 is 0 Å². The van der Waals surface area contributed by atoms with Gasteiger partial charge in [0.1, 0.15) is 11.3 Å². The lowest BCUT2D eigenvalue weighted by Crippen LogP contribution is -2.38. The van der Waals surface area contributed by atoms with Gasteiger partial charge in [0, 0.05) is 15.9 Å². The molecule has 2 aromatic rings. The lowest BCUT2D eigenvalue weighted by Gasteiger charge is -2.12. The van der Waals surface area contributed by atoms with Crippen LogP contribution in [0.25, 0.3) is 11.0 Å². The summed E-state index contributed by atoms with van der Waals surface area (Å²) in [6.07, 6.45) is 0. The molecule has 0 aliphatic heterocycles. The van der Waals surface area contributed by atoms with E-state index in [-0.39, 0.29) is 24.5 Å². The van der Waals surface area contributed by atoms with E-state index in [4.69, 9.17) is 4.42 Å². The minimum atomic E-state index is -0.0147. The van der Waals surface area contributed by atoms with Crippen molar-refractivity contribution in [1.29, 1.82) is 0 Å². The van der Waals surface area contributed by atoms with E-state index in [0.29, 0.717) is 0 Å². The molecule has 1 atom stereocenters. The Bertz CT molecular complexity index is 607. The third-order valence-electron chi connectivity index (χ3n) is 2.94. The van der Waals surface area contributed by atoms with Crippen molar-refractivity contribution in [2.75, 3.05) is 6.54 Å². The first kappa shape index (κ1) is 15.1. The molecule has 2 rings (SSSR count). The Balaban J connectivity index is 2.00. The summed E-state index contributed by atoms with van der Waals surface area (Å²) in [5.74, 6) is 0.821. The maximum Gasteiger partial charge on any atom is 0.234 e. The van der Waals surface area contributed by atoms with Crippen LogP contribution in [0.2, 0.25) is 0 Å². The highest BCUT2D eigenvalue weighted by molar-refractivity contribution is 9.10. The number of rotatable bonds is 5. The fraction of sp³-hybridized carbons (Fsp3) is 0.400. The van der Waals surface area contributed by atoms with Crippen molar-refractivity contribution in [2.45, 2.75) is 32.9 Å². The molecule has 0 saturated heterocycles. The highest BCUT2D eigenvalue weighted by Gasteiger charge is 2.13. The topological polar surface area (TPSA) is 54.3 Å². The van der Waals surface area contributed by atoms with Crippen molar-refractivity contribution in [3.63, 3.8) is 0 Å². The van der Waals surface area contributed by atoms with Crippen LogP contribution in [0, 0.1) is 0 Å². The largest absolute Gasteiger partial charge is 0.459 e. The van der Waals surface area contributed by atoms with E-state index in [1.165, 1.54) is 0 Å². The summed E-state index contributed by atoms with van der Waals surface area (Å²) in [5, 5.41) is 7.06. The van der Waals surface area contributed by atoms with Crippen molar-refractivity contribution in [3.8, 4) is 0 Å². The van der Waals surface area contributed by atoms with Crippen LogP contribution in [0.15, 0.2) is 33.2 Å². The lowest BCUT2D eigenvalue weighted by atomic mass is 10.2. The first-order valence-electron chi connectivity index (χ1n) is 6.67. The highest BCUT2D eigenvalue weighted by atomic mass is 79.9. The molecule has 20 heavy (non-hydrogen) atoms. The van der Waals surface area contributed by atoms with Gasteiger partial charge >= 0.3 is 0 Å². The molecule has 1 heterocycles. The number of carbonyl (C=O) groups excluding carboxylic acids is 1. The van der Waals surface area contributed by atoms with E-state index in [1.54, 1.807) is 0 Å². The number of hydrogen-bond donors (Lipinski definition) is 2. The summed E-state index contributed by atoms with van der Waals surface area (Å²) in [6, 6.07) is 8.03. The zero-order chi connectivity index (χ0) is 14.7. The van der Waals surface area contributed by atoms with Crippen LogP contribution in [0.4, 0.5) is 0 Å². The maximum absolute atomic E-state index is 11.6. The SMILES string of the molecule is CC(C)NC(=O)CNC(C)c1cc2cc(Br)ccc2o1. The van der Waals surface area contributed by atoms with Gasteiger partial charge in [0.25, 0.3) is 0 Å². The quantitative estimate of drug-likeness (QED) is 0.878. The first-order valence-corrected chi connectivity index (χ1v) is 7.46. The van der Waals surface area contributed by atoms with Crippen LogP contribution in [0.3, 0.4) is 0 Å². The Morgan fingerprint density at radius 1 is 1.30 bits per heavy atom. The van der Waals surface area contributed by atoms with Crippen LogP contribution in [0.1, 0.15) is 32.6 Å². The molecular weight excluding hydrogens is 320 g/mol. The molecule has 1 aromatic heterocycles. The third kappa shape index (κ3) is 3.84. The lowest BCUT2D eigenvalue weighted by molar-refractivity contribution is -0.120. The first-order chi connectivity index (χ1) is 9.45. The molecular formula is C15H19BrN2O2. The highest BCUT2D eigenvalue weighted by Crippen LogP contribution is 2.26. The summed E-state index contributed by atoms with van der Waals surface area (Å²) in [4.78, 5) is 11.6. The van der Waals surface area contributed by atoms with Crippen molar-refractivity contribution < 1.29 is 9.21 Å². The number of halogens is 1. The molecule has 5 heteroatoms. The van der Waals surface area contributed by atoms with Gasteiger partial charge in [-0.2, -0.15) is 0 Å². The zero-order valence-corrected chi connectivity index (χ0v) is 13.5. The van der Waals surface area contributed by atoms with Gasteiger partial charge in [0.2, 0.25) is 5.91 Å². The molecule has 0 bridgehead atoms. The molecule has 1 unspecified atom stereocenters. The standard InChI is InChI=1S/C15H19BrN2O2/c1-9(2)18-15(19)8-17-10(3)14-7-11-6-12(16)4-5-13(11)20-14/h4-7,9-10,17H,8H2,1-3H3,(H,18,19). The summed E-state index contributed by atoms with van der Waals surface area (Å²) in [5.41, 5.74) is 0.850. The normalized spacial score (nSPS) is 12.8. The second kappa shape index (κ2) is 6.41. The Morgan fingerprint density at radius 3 is 2.75 bits per heavy atom. The molecule has 0 spiro atoms. The number of amides is 1. The molecule has 4 nitrogen and oxygen atoms in total. The molecule has 1 amide bonds. The Morgan fingerprint density at radius 2 is 2.05 bits per heavy atom. The van der Waals surface area contributed by atoms with Crippen molar-refractivity contribution in [3.05, 3.63) is 34.5 Å². The van der Waals surface area contributed by atoms with Gasteiger partial charge in [-0.25, -0.2) is 0 Å². The summed E-state index contributed by atoms with van der Waals surface area (Å²) in [7, 11) is 0. The van der Waals surface area contributed by atoms with Crippen molar-refractivity contribution >= 4 is 32.8 Å². The molecule has 0 aliphatic rings. The number of benzene rings is 1. The summed E-state index contributed by atoms with van der Waals surface area (Å²) < 4.78 is 6.81. The minimum Gasteiger partial charge on any atom is -0.459 e. The number of furan rings is 1. The number of fused-ring (bicyclic) bond motifs is 1. The van der Waals surface area contributed by atoms with E-state index in [1.807, 2.05) is 45.0 Å². The van der Waals surface area contributed by atoms with Gasteiger partial charge in [-0.3, -0.25) is 10.1 Å². The van der Waals surface area contributed by atoms with Gasteiger partial charge in [-0.15, -0.1) is 0 Å². The van der Waals surface area contributed by atoms with Crippen LogP contribution in [-0.2, 0) is 4.79 Å². The molecule has 108 valence electrons. The van der Waals surface area contributed by atoms with Gasteiger partial charge in [-0.1, -0.05) is 15.9 Å². The monoisotopic (exact) mass is 338 g/mol. The molecule has 2 N–H and O–H groups in total. The van der Waals surface area contributed by atoms with Crippen molar-refractivity contribution in [2.24, 2.45) is 0 Å². The van der Waals surface area contributed by atoms with Crippen LogP contribution in [0.5, 0.6) is 0 Å². The molecule has 0 fully saturated rings. The van der Waals surface area contributed by atoms with E-state index in [2.05, 4.69) is 26.6 Å². The van der Waals surface area contributed by atoms with Crippen LogP contribution < -0.4 is 10.6 Å². The van der Waals surface area contributed by atoms with E-state index in [9.17, 15) is 4.79 Å². The smallest absolute Gasteiger partial charge is 0.234 e. The third-order valence-corrected chi connectivity index (χ3v) is 3.44. The predicted molar refractivity (Wildman–Crippen MR) is 83.6 cm³/mol. The van der Waals surface area contributed by atoms with Gasteiger partial charge in [0.05, 0.1) is 12.6 Å².